The second kappa shape index (κ2) is 9.11. The fourth-order valence-corrected chi connectivity index (χ4v) is 6.95. The predicted molar refractivity (Wildman–Crippen MR) is 144 cm³/mol. The van der Waals surface area contributed by atoms with Crippen LogP contribution in [0.5, 0.6) is 11.5 Å². The van der Waals surface area contributed by atoms with Crippen molar-refractivity contribution in [2.75, 3.05) is 20.8 Å². The van der Waals surface area contributed by atoms with Crippen LogP contribution in [0, 0.1) is 6.92 Å². The number of hydrogen-bond acceptors (Lipinski definition) is 6. The van der Waals surface area contributed by atoms with Gasteiger partial charge in [0.1, 0.15) is 4.83 Å². The van der Waals surface area contributed by atoms with Crippen LogP contribution < -0.4 is 9.47 Å². The molecule has 0 N–H and O–H groups in total. The molecule has 1 amide bonds. The number of methoxy groups -OCH3 is 2. The molecule has 3 aromatic heterocycles. The molecule has 2 aromatic carbocycles. The van der Waals surface area contributed by atoms with Crippen molar-refractivity contribution in [3.63, 3.8) is 0 Å². The topological polar surface area (TPSA) is 56.6 Å². The van der Waals surface area contributed by atoms with Crippen LogP contribution in [0.2, 0.25) is 0 Å². The number of nitrogens with zero attached hydrogens (tertiary/aromatic N) is 3. The SMILES string of the molecule is COc1cc2c(cc1OC)C(c1cccs1)N(C(=O)c1cc3c(C)nn(-c4ccccc4)c3s1)CC2. The Hall–Kier alpha value is -3.62. The number of carbonyl (C=O) groups is 1. The largest absolute Gasteiger partial charge is 0.493 e. The van der Waals surface area contributed by atoms with Gasteiger partial charge in [-0.15, -0.1) is 22.7 Å². The Morgan fingerprint density at radius 3 is 2.53 bits per heavy atom. The molecule has 0 spiro atoms. The minimum absolute atomic E-state index is 0.0362. The zero-order valence-corrected chi connectivity index (χ0v) is 21.9. The summed E-state index contributed by atoms with van der Waals surface area (Å²) in [5, 5.41) is 7.81. The second-order valence-corrected chi connectivity index (χ2v) is 10.7. The molecule has 1 atom stereocenters. The first-order valence-electron chi connectivity index (χ1n) is 11.7. The molecule has 1 unspecified atom stereocenters. The monoisotopic (exact) mass is 515 g/mol. The van der Waals surface area contributed by atoms with Crippen LogP contribution in [0.25, 0.3) is 15.9 Å². The van der Waals surface area contributed by atoms with E-state index in [-0.39, 0.29) is 11.9 Å². The lowest BCUT2D eigenvalue weighted by Gasteiger charge is -2.37. The highest BCUT2D eigenvalue weighted by Gasteiger charge is 2.35. The molecule has 182 valence electrons. The van der Waals surface area contributed by atoms with Crippen LogP contribution in [0.4, 0.5) is 0 Å². The van der Waals surface area contributed by atoms with Crippen molar-refractivity contribution in [3.8, 4) is 17.2 Å². The van der Waals surface area contributed by atoms with Gasteiger partial charge in [-0.1, -0.05) is 24.3 Å². The number of ether oxygens (including phenoxy) is 2. The molecule has 1 aliphatic heterocycles. The van der Waals surface area contributed by atoms with E-state index in [0.29, 0.717) is 18.0 Å². The average Bonchev–Trinajstić information content (AvgIpc) is 3.66. The van der Waals surface area contributed by atoms with E-state index >= 15 is 0 Å². The number of fused-ring (bicyclic) bond motifs is 2. The molecule has 36 heavy (non-hydrogen) atoms. The average molecular weight is 516 g/mol. The third-order valence-electron chi connectivity index (χ3n) is 6.70. The van der Waals surface area contributed by atoms with Crippen molar-refractivity contribution < 1.29 is 14.3 Å². The Morgan fingerprint density at radius 2 is 1.81 bits per heavy atom. The van der Waals surface area contributed by atoms with Crippen LogP contribution in [-0.4, -0.2) is 41.4 Å². The molecule has 0 bridgehead atoms. The summed E-state index contributed by atoms with van der Waals surface area (Å²) < 4.78 is 13.1. The lowest BCUT2D eigenvalue weighted by Crippen LogP contribution is -2.40. The van der Waals surface area contributed by atoms with Crippen LogP contribution in [0.15, 0.2) is 66.0 Å². The van der Waals surface area contributed by atoms with Crippen molar-refractivity contribution in [1.29, 1.82) is 0 Å². The summed E-state index contributed by atoms with van der Waals surface area (Å²) in [6, 6.07) is 20.1. The Bertz CT molecular complexity index is 1550. The first kappa shape index (κ1) is 22.8. The van der Waals surface area contributed by atoms with Crippen LogP contribution in [-0.2, 0) is 6.42 Å². The highest BCUT2D eigenvalue weighted by molar-refractivity contribution is 7.20. The number of benzene rings is 2. The maximum atomic E-state index is 14.1. The van der Waals surface area contributed by atoms with Crippen LogP contribution in [0.1, 0.15) is 37.4 Å². The van der Waals surface area contributed by atoms with Gasteiger partial charge in [0.05, 0.1) is 36.5 Å². The second-order valence-electron chi connectivity index (χ2n) is 8.73. The number of carbonyl (C=O) groups excluding carboxylic acids is 1. The lowest BCUT2D eigenvalue weighted by atomic mass is 9.90. The van der Waals surface area contributed by atoms with Gasteiger partial charge >= 0.3 is 0 Å². The molecule has 0 radical (unpaired) electrons. The van der Waals surface area contributed by atoms with Crippen molar-refractivity contribution in [2.24, 2.45) is 0 Å². The predicted octanol–water partition coefficient (Wildman–Crippen LogP) is 6.26. The number of para-hydroxylation sites is 1. The van der Waals surface area contributed by atoms with Gasteiger partial charge in [0, 0.05) is 16.8 Å². The van der Waals surface area contributed by atoms with E-state index in [1.165, 1.54) is 16.9 Å². The smallest absolute Gasteiger partial charge is 0.264 e. The van der Waals surface area contributed by atoms with E-state index in [9.17, 15) is 4.79 Å². The zero-order chi connectivity index (χ0) is 24.8. The van der Waals surface area contributed by atoms with Gasteiger partial charge in [0.2, 0.25) is 0 Å². The van der Waals surface area contributed by atoms with Crippen LogP contribution >= 0.6 is 22.7 Å². The number of rotatable bonds is 5. The molecular weight excluding hydrogens is 490 g/mol. The standard InChI is InChI=1S/C28H25N3O3S2/c1-17-20-16-25(36-28(20)31(29-17)19-8-5-4-6-9-19)27(32)30-12-11-18-14-22(33-2)23(34-3)15-21(18)26(30)24-10-7-13-35-24/h4-10,13-16,26H,11-12H2,1-3H3. The summed E-state index contributed by atoms with van der Waals surface area (Å²) in [6.07, 6.45) is 0.755. The Balaban J connectivity index is 1.44. The molecule has 0 saturated carbocycles. The summed E-state index contributed by atoms with van der Waals surface area (Å²) in [6.45, 7) is 2.62. The normalized spacial score (nSPS) is 15.2. The summed E-state index contributed by atoms with van der Waals surface area (Å²) >= 11 is 3.17. The molecule has 6 nitrogen and oxygen atoms in total. The van der Waals surface area contributed by atoms with E-state index in [1.54, 1.807) is 25.6 Å². The summed E-state index contributed by atoms with van der Waals surface area (Å²) in [4.78, 5) is 18.9. The molecule has 5 aromatic rings. The fourth-order valence-electron chi connectivity index (χ4n) is 4.96. The van der Waals surface area contributed by atoms with E-state index in [4.69, 9.17) is 14.6 Å². The number of amides is 1. The maximum absolute atomic E-state index is 14.1. The maximum Gasteiger partial charge on any atom is 0.264 e. The quantitative estimate of drug-likeness (QED) is 0.277. The number of aromatic nitrogens is 2. The molecule has 6 rings (SSSR count). The van der Waals surface area contributed by atoms with Gasteiger partial charge in [-0.3, -0.25) is 4.79 Å². The van der Waals surface area contributed by atoms with Crippen molar-refractivity contribution in [2.45, 2.75) is 19.4 Å². The van der Waals surface area contributed by atoms with E-state index < -0.39 is 0 Å². The molecule has 4 heterocycles. The summed E-state index contributed by atoms with van der Waals surface area (Å²) in [5.41, 5.74) is 4.17. The highest BCUT2D eigenvalue weighted by Crippen LogP contribution is 2.43. The molecule has 8 heteroatoms. The Morgan fingerprint density at radius 1 is 1.03 bits per heavy atom. The number of hydrogen-bond donors (Lipinski definition) is 0. The van der Waals surface area contributed by atoms with Crippen molar-refractivity contribution in [1.82, 2.24) is 14.7 Å². The van der Waals surface area contributed by atoms with Gasteiger partial charge in [-0.25, -0.2) is 4.68 Å². The minimum Gasteiger partial charge on any atom is -0.493 e. The minimum atomic E-state index is -0.182. The lowest BCUT2D eigenvalue weighted by molar-refractivity contribution is 0.0702. The zero-order valence-electron chi connectivity index (χ0n) is 20.2. The first-order valence-corrected chi connectivity index (χ1v) is 13.4. The van der Waals surface area contributed by atoms with Crippen molar-refractivity contribution in [3.05, 3.63) is 92.6 Å². The van der Waals surface area contributed by atoms with Gasteiger partial charge in [0.25, 0.3) is 5.91 Å². The fraction of sp³-hybridized carbons (Fsp3) is 0.214. The first-order chi connectivity index (χ1) is 17.6. The summed E-state index contributed by atoms with van der Waals surface area (Å²) in [7, 11) is 3.30. The molecule has 0 aliphatic carbocycles. The molecular formula is C28H25N3O3S2. The molecule has 0 saturated heterocycles. The molecule has 1 aliphatic rings. The van der Waals surface area contributed by atoms with Crippen LogP contribution in [0.3, 0.4) is 0 Å². The van der Waals surface area contributed by atoms with Crippen molar-refractivity contribution >= 4 is 38.8 Å². The summed E-state index contributed by atoms with van der Waals surface area (Å²) in [5.74, 6) is 1.42. The number of aryl methyl sites for hydroxylation is 1. The van der Waals surface area contributed by atoms with Gasteiger partial charge in [0.15, 0.2) is 11.5 Å². The van der Waals surface area contributed by atoms with Gasteiger partial charge in [-0.05, 0) is 66.2 Å². The number of thiophene rings is 2. The third kappa shape index (κ3) is 3.68. The Labute approximate surface area is 217 Å². The van der Waals surface area contributed by atoms with E-state index in [1.807, 2.05) is 71.1 Å². The van der Waals surface area contributed by atoms with E-state index in [2.05, 4.69) is 11.4 Å². The Kier molecular flexibility index (Phi) is 5.78. The van der Waals surface area contributed by atoms with Gasteiger partial charge in [-0.2, -0.15) is 5.10 Å². The third-order valence-corrected chi connectivity index (χ3v) is 8.73. The highest BCUT2D eigenvalue weighted by atomic mass is 32.1. The van der Waals surface area contributed by atoms with Gasteiger partial charge < -0.3 is 14.4 Å². The molecule has 0 fully saturated rings. The van der Waals surface area contributed by atoms with E-state index in [0.717, 1.165) is 43.3 Å².